The molecule has 96 valence electrons. The maximum Gasteiger partial charge on any atom is 0.302 e. The van der Waals surface area contributed by atoms with Crippen LogP contribution in [0.15, 0.2) is 18.3 Å². The number of aromatic nitrogens is 1. The Morgan fingerprint density at radius 1 is 1.44 bits per heavy atom. The lowest BCUT2D eigenvalue weighted by atomic mass is 10.1. The summed E-state index contributed by atoms with van der Waals surface area (Å²) in [6.45, 7) is 1.68. The fraction of sp³-hybridized carbons (Fsp3) is 0.308. The largest absolute Gasteiger partial charge is 0.494 e. The summed E-state index contributed by atoms with van der Waals surface area (Å²) in [5.74, 6) is -0.507. The average Bonchev–Trinajstić information content (AvgIpc) is 2.70. The topological polar surface area (TPSA) is 51.3 Å². The second kappa shape index (κ2) is 5.08. The fourth-order valence-electron chi connectivity index (χ4n) is 1.85. The smallest absolute Gasteiger partial charge is 0.302 e. The lowest BCUT2D eigenvalue weighted by Gasteiger charge is -2.04. The molecule has 0 aliphatic rings. The van der Waals surface area contributed by atoms with Crippen LogP contribution in [0.2, 0.25) is 0 Å². The van der Waals surface area contributed by atoms with E-state index in [0.717, 1.165) is 10.9 Å². The number of fused-ring (bicyclic) bond motifs is 1. The normalized spacial score (nSPS) is 10.6. The molecule has 0 atom stereocenters. The molecule has 0 fully saturated rings. The van der Waals surface area contributed by atoms with E-state index in [1.54, 1.807) is 12.3 Å². The van der Waals surface area contributed by atoms with Crippen LogP contribution in [0.25, 0.3) is 10.9 Å². The molecule has 0 unspecified atom stereocenters. The first kappa shape index (κ1) is 12.4. The fourth-order valence-corrected chi connectivity index (χ4v) is 1.85. The molecule has 1 aromatic heterocycles. The Labute approximate surface area is 104 Å². The van der Waals surface area contributed by atoms with Crippen LogP contribution in [0.4, 0.5) is 4.39 Å². The van der Waals surface area contributed by atoms with E-state index in [2.05, 4.69) is 4.98 Å². The first-order chi connectivity index (χ1) is 8.61. The third-order valence-corrected chi connectivity index (χ3v) is 2.72. The van der Waals surface area contributed by atoms with Crippen molar-refractivity contribution in [1.82, 2.24) is 4.98 Å². The maximum atomic E-state index is 13.5. The monoisotopic (exact) mass is 251 g/mol. The van der Waals surface area contributed by atoms with Crippen molar-refractivity contribution < 1.29 is 18.7 Å². The predicted molar refractivity (Wildman–Crippen MR) is 65.1 cm³/mol. The molecule has 0 spiro atoms. The minimum atomic E-state index is -0.404. The van der Waals surface area contributed by atoms with E-state index < -0.39 is 5.82 Å². The van der Waals surface area contributed by atoms with Gasteiger partial charge in [-0.25, -0.2) is 4.39 Å². The summed E-state index contributed by atoms with van der Waals surface area (Å²) < 4.78 is 23.3. The van der Waals surface area contributed by atoms with Gasteiger partial charge in [0.25, 0.3) is 0 Å². The molecule has 4 nitrogen and oxygen atoms in total. The first-order valence-corrected chi connectivity index (χ1v) is 5.58. The highest BCUT2D eigenvalue weighted by atomic mass is 19.1. The summed E-state index contributed by atoms with van der Waals surface area (Å²) in [4.78, 5) is 13.7. The first-order valence-electron chi connectivity index (χ1n) is 5.58. The van der Waals surface area contributed by atoms with Crippen molar-refractivity contribution in [2.24, 2.45) is 0 Å². The summed E-state index contributed by atoms with van der Waals surface area (Å²) in [5, 5.41) is 0.875. The van der Waals surface area contributed by atoms with E-state index in [-0.39, 0.29) is 11.7 Å². The molecule has 18 heavy (non-hydrogen) atoms. The number of esters is 1. The second-order valence-corrected chi connectivity index (χ2v) is 3.94. The van der Waals surface area contributed by atoms with Gasteiger partial charge < -0.3 is 14.5 Å². The number of hydrogen-bond donors (Lipinski definition) is 1. The molecule has 0 aliphatic carbocycles. The Balaban J connectivity index is 2.26. The van der Waals surface area contributed by atoms with Crippen molar-refractivity contribution in [3.05, 3.63) is 29.7 Å². The molecule has 1 aromatic carbocycles. The van der Waals surface area contributed by atoms with Crippen LogP contribution in [-0.4, -0.2) is 24.7 Å². The zero-order valence-corrected chi connectivity index (χ0v) is 10.2. The number of rotatable bonds is 4. The molecule has 0 radical (unpaired) electrons. The third kappa shape index (κ3) is 2.45. The van der Waals surface area contributed by atoms with Gasteiger partial charge in [0.15, 0.2) is 11.6 Å². The van der Waals surface area contributed by atoms with Crippen LogP contribution in [0.5, 0.6) is 5.75 Å². The minimum absolute atomic E-state index is 0.204. The molecule has 1 N–H and O–H groups in total. The Hall–Kier alpha value is -2.04. The molecule has 5 heteroatoms. The summed E-state index contributed by atoms with van der Waals surface area (Å²) in [6.07, 6.45) is 2.36. The van der Waals surface area contributed by atoms with Crippen LogP contribution in [0.1, 0.15) is 12.5 Å². The Morgan fingerprint density at radius 2 is 2.22 bits per heavy atom. The second-order valence-electron chi connectivity index (χ2n) is 3.94. The Bertz CT molecular complexity index is 577. The number of carbonyl (C=O) groups excluding carboxylic acids is 1. The van der Waals surface area contributed by atoms with Gasteiger partial charge in [0.2, 0.25) is 0 Å². The average molecular weight is 251 g/mol. The highest BCUT2D eigenvalue weighted by molar-refractivity contribution is 5.84. The highest BCUT2D eigenvalue weighted by Gasteiger charge is 2.10. The van der Waals surface area contributed by atoms with Crippen LogP contribution in [0, 0.1) is 5.82 Å². The standard InChI is InChI=1S/C13H14FNO3/c1-8(16)18-4-3-9-7-15-12-6-11(14)13(17-2)5-10(9)12/h5-7,15H,3-4H2,1-2H3. The number of aromatic amines is 1. The molecule has 2 rings (SSSR count). The molecule has 0 bridgehead atoms. The number of ether oxygens (including phenoxy) is 2. The van der Waals surface area contributed by atoms with E-state index in [0.29, 0.717) is 18.5 Å². The zero-order valence-electron chi connectivity index (χ0n) is 10.2. The van der Waals surface area contributed by atoms with Gasteiger partial charge in [0.05, 0.1) is 13.7 Å². The lowest BCUT2D eigenvalue weighted by molar-refractivity contribution is -0.140. The van der Waals surface area contributed by atoms with E-state index in [9.17, 15) is 9.18 Å². The van der Waals surface area contributed by atoms with E-state index in [4.69, 9.17) is 9.47 Å². The molecule has 0 aliphatic heterocycles. The molecule has 2 aromatic rings. The SMILES string of the molecule is COc1cc2c(CCOC(C)=O)c[nH]c2cc1F. The van der Waals surface area contributed by atoms with Crippen LogP contribution in [0.3, 0.4) is 0 Å². The van der Waals surface area contributed by atoms with Gasteiger partial charge in [-0.15, -0.1) is 0 Å². The summed E-state index contributed by atoms with van der Waals surface area (Å²) in [7, 11) is 1.43. The van der Waals surface area contributed by atoms with Gasteiger partial charge in [0, 0.05) is 36.5 Å². The van der Waals surface area contributed by atoms with Crippen molar-refractivity contribution in [3.63, 3.8) is 0 Å². The quantitative estimate of drug-likeness (QED) is 0.849. The number of halogens is 1. The van der Waals surface area contributed by atoms with Crippen molar-refractivity contribution >= 4 is 16.9 Å². The minimum Gasteiger partial charge on any atom is -0.494 e. The van der Waals surface area contributed by atoms with Gasteiger partial charge in [0.1, 0.15) is 0 Å². The number of carbonyl (C=O) groups is 1. The van der Waals surface area contributed by atoms with E-state index in [1.165, 1.54) is 20.1 Å². The molecule has 0 saturated carbocycles. The van der Waals surface area contributed by atoms with Crippen LogP contribution >= 0.6 is 0 Å². The summed E-state index contributed by atoms with van der Waals surface area (Å²) in [6, 6.07) is 3.04. The van der Waals surface area contributed by atoms with Crippen molar-refractivity contribution in [2.75, 3.05) is 13.7 Å². The number of nitrogens with one attached hydrogen (secondary N) is 1. The summed E-state index contributed by atoms with van der Waals surface area (Å²) in [5.41, 5.74) is 1.66. The number of benzene rings is 1. The summed E-state index contributed by atoms with van der Waals surface area (Å²) >= 11 is 0. The lowest BCUT2D eigenvalue weighted by Crippen LogP contribution is -2.02. The van der Waals surface area contributed by atoms with Gasteiger partial charge in [-0.2, -0.15) is 0 Å². The van der Waals surface area contributed by atoms with E-state index in [1.807, 2.05) is 0 Å². The van der Waals surface area contributed by atoms with Gasteiger partial charge in [-0.05, 0) is 11.6 Å². The Morgan fingerprint density at radius 3 is 2.89 bits per heavy atom. The number of H-pyrrole nitrogens is 1. The van der Waals surface area contributed by atoms with Crippen molar-refractivity contribution in [2.45, 2.75) is 13.3 Å². The predicted octanol–water partition coefficient (Wildman–Crippen LogP) is 2.42. The van der Waals surface area contributed by atoms with E-state index >= 15 is 0 Å². The van der Waals surface area contributed by atoms with Gasteiger partial charge in [-0.1, -0.05) is 0 Å². The molecular formula is C13H14FNO3. The number of methoxy groups -OCH3 is 1. The molecule has 0 saturated heterocycles. The number of hydrogen-bond acceptors (Lipinski definition) is 3. The van der Waals surface area contributed by atoms with Gasteiger partial charge >= 0.3 is 5.97 Å². The molecule has 1 heterocycles. The molecule has 0 amide bonds. The Kier molecular flexibility index (Phi) is 3.50. The van der Waals surface area contributed by atoms with Crippen LogP contribution in [-0.2, 0) is 16.0 Å². The maximum absolute atomic E-state index is 13.5. The molecular weight excluding hydrogens is 237 g/mol. The van der Waals surface area contributed by atoms with Crippen LogP contribution < -0.4 is 4.74 Å². The highest BCUT2D eigenvalue weighted by Crippen LogP contribution is 2.26. The van der Waals surface area contributed by atoms with Crippen molar-refractivity contribution in [1.29, 1.82) is 0 Å². The zero-order chi connectivity index (χ0) is 13.1. The third-order valence-electron chi connectivity index (χ3n) is 2.72. The van der Waals surface area contributed by atoms with Gasteiger partial charge in [-0.3, -0.25) is 4.79 Å². The van der Waals surface area contributed by atoms with Crippen molar-refractivity contribution in [3.8, 4) is 5.75 Å².